The molecule has 0 saturated carbocycles. The van der Waals surface area contributed by atoms with Gasteiger partial charge in [0.15, 0.2) is 0 Å². The van der Waals surface area contributed by atoms with Gasteiger partial charge in [0.1, 0.15) is 6.04 Å². The Kier molecular flexibility index (Phi) is 6.44. The Bertz CT molecular complexity index is 220. The van der Waals surface area contributed by atoms with Crippen LogP contribution in [-0.2, 0) is 9.53 Å². The lowest BCUT2D eigenvalue weighted by Crippen LogP contribution is -2.48. The second-order valence-corrected chi connectivity index (χ2v) is 3.24. The molecule has 0 aromatic rings. The van der Waals surface area contributed by atoms with Gasteiger partial charge in [-0.05, 0) is 13.3 Å². The van der Waals surface area contributed by atoms with E-state index in [4.69, 9.17) is 9.84 Å². The number of amides is 2. The van der Waals surface area contributed by atoms with Crippen LogP contribution in [0.25, 0.3) is 0 Å². The third-order valence-corrected chi connectivity index (χ3v) is 1.91. The summed E-state index contributed by atoms with van der Waals surface area (Å²) in [5, 5.41) is 13.5. The minimum atomic E-state index is -1.06. The Morgan fingerprint density at radius 1 is 1.40 bits per heavy atom. The Morgan fingerprint density at radius 3 is 2.40 bits per heavy atom. The van der Waals surface area contributed by atoms with Gasteiger partial charge in [0.05, 0.1) is 12.6 Å². The molecule has 0 bridgehead atoms. The molecule has 6 heteroatoms. The first-order valence-corrected chi connectivity index (χ1v) is 4.80. The second-order valence-electron chi connectivity index (χ2n) is 3.24. The number of carboxylic acid groups (broad SMARTS) is 1. The van der Waals surface area contributed by atoms with Crippen LogP contribution in [-0.4, -0.2) is 42.9 Å². The van der Waals surface area contributed by atoms with Crippen LogP contribution < -0.4 is 10.6 Å². The molecule has 0 radical (unpaired) electrons. The summed E-state index contributed by atoms with van der Waals surface area (Å²) in [5.74, 6) is -1.06. The highest BCUT2D eigenvalue weighted by atomic mass is 16.5. The van der Waals surface area contributed by atoms with E-state index >= 15 is 0 Å². The van der Waals surface area contributed by atoms with Gasteiger partial charge in [-0.15, -0.1) is 0 Å². The van der Waals surface area contributed by atoms with E-state index < -0.39 is 18.0 Å². The smallest absolute Gasteiger partial charge is 0.325 e. The summed E-state index contributed by atoms with van der Waals surface area (Å²) in [7, 11) is 1.54. The number of carboxylic acids is 1. The maximum atomic E-state index is 11.3. The highest BCUT2D eigenvalue weighted by Crippen LogP contribution is 1.91. The summed E-state index contributed by atoms with van der Waals surface area (Å²) in [6.07, 6.45) is 0.725. The summed E-state index contributed by atoms with van der Waals surface area (Å²) >= 11 is 0. The summed E-state index contributed by atoms with van der Waals surface area (Å²) in [4.78, 5) is 21.7. The van der Waals surface area contributed by atoms with Gasteiger partial charge in [0.2, 0.25) is 0 Å². The average Bonchev–Trinajstić information content (AvgIpc) is 2.16. The molecule has 2 amide bonds. The van der Waals surface area contributed by atoms with Gasteiger partial charge < -0.3 is 20.5 Å². The van der Waals surface area contributed by atoms with E-state index in [1.54, 1.807) is 7.11 Å². The van der Waals surface area contributed by atoms with Crippen molar-refractivity contribution in [2.75, 3.05) is 13.7 Å². The van der Waals surface area contributed by atoms with Crippen LogP contribution in [0.15, 0.2) is 0 Å². The van der Waals surface area contributed by atoms with E-state index in [2.05, 4.69) is 10.6 Å². The van der Waals surface area contributed by atoms with Crippen molar-refractivity contribution in [2.45, 2.75) is 32.4 Å². The third kappa shape index (κ3) is 5.90. The maximum absolute atomic E-state index is 11.3. The van der Waals surface area contributed by atoms with E-state index in [1.807, 2.05) is 6.92 Å². The molecular formula is C9H18N2O4. The fraction of sp³-hybridized carbons (Fsp3) is 0.778. The average molecular weight is 218 g/mol. The first-order chi connectivity index (χ1) is 7.01. The Hall–Kier alpha value is -1.30. The molecule has 0 saturated heterocycles. The Labute approximate surface area is 89.0 Å². The number of nitrogens with one attached hydrogen (secondary N) is 2. The maximum Gasteiger partial charge on any atom is 0.325 e. The first-order valence-electron chi connectivity index (χ1n) is 4.80. The zero-order valence-electron chi connectivity index (χ0n) is 9.24. The van der Waals surface area contributed by atoms with Crippen molar-refractivity contribution in [3.05, 3.63) is 0 Å². The number of urea groups is 1. The summed E-state index contributed by atoms with van der Waals surface area (Å²) in [6.45, 7) is 3.72. The van der Waals surface area contributed by atoms with Crippen LogP contribution in [0.3, 0.4) is 0 Å². The normalized spacial score (nSPS) is 14.1. The molecule has 15 heavy (non-hydrogen) atoms. The van der Waals surface area contributed by atoms with E-state index in [0.717, 1.165) is 6.42 Å². The molecular weight excluding hydrogens is 200 g/mol. The third-order valence-electron chi connectivity index (χ3n) is 1.91. The van der Waals surface area contributed by atoms with Gasteiger partial charge in [-0.2, -0.15) is 0 Å². The number of ether oxygens (including phenoxy) is 1. The molecule has 3 N–H and O–H groups in total. The molecule has 2 unspecified atom stereocenters. The number of hydrogen-bond donors (Lipinski definition) is 3. The summed E-state index contributed by atoms with van der Waals surface area (Å²) in [5.41, 5.74) is 0. The van der Waals surface area contributed by atoms with E-state index in [1.165, 1.54) is 6.92 Å². The van der Waals surface area contributed by atoms with Gasteiger partial charge in [0.25, 0.3) is 0 Å². The van der Waals surface area contributed by atoms with Crippen molar-refractivity contribution in [1.82, 2.24) is 10.6 Å². The second kappa shape index (κ2) is 7.05. The summed E-state index contributed by atoms with van der Waals surface area (Å²) in [6, 6.07) is -1.49. The van der Waals surface area contributed by atoms with Gasteiger partial charge in [-0.1, -0.05) is 6.92 Å². The van der Waals surface area contributed by atoms with E-state index in [-0.39, 0.29) is 6.04 Å². The van der Waals surface area contributed by atoms with Crippen molar-refractivity contribution in [3.63, 3.8) is 0 Å². The molecule has 0 fully saturated rings. The van der Waals surface area contributed by atoms with Crippen molar-refractivity contribution >= 4 is 12.0 Å². The Balaban J connectivity index is 3.95. The van der Waals surface area contributed by atoms with Gasteiger partial charge in [-0.25, -0.2) is 4.79 Å². The highest BCUT2D eigenvalue weighted by molar-refractivity contribution is 5.82. The molecule has 0 aliphatic rings. The fourth-order valence-electron chi connectivity index (χ4n) is 0.948. The molecule has 0 heterocycles. The van der Waals surface area contributed by atoms with Gasteiger partial charge >= 0.3 is 12.0 Å². The van der Waals surface area contributed by atoms with Crippen molar-refractivity contribution in [1.29, 1.82) is 0 Å². The topological polar surface area (TPSA) is 87.7 Å². The number of aliphatic carboxylic acids is 1. The SMILES string of the molecule is CCC(COC)NC(=O)NC(C)C(=O)O. The van der Waals surface area contributed by atoms with Crippen LogP contribution in [0, 0.1) is 0 Å². The lowest BCUT2D eigenvalue weighted by molar-refractivity contribution is -0.138. The minimum absolute atomic E-state index is 0.101. The van der Waals surface area contributed by atoms with Crippen molar-refractivity contribution < 1.29 is 19.4 Å². The number of hydrogen-bond acceptors (Lipinski definition) is 3. The molecule has 88 valence electrons. The molecule has 0 spiro atoms. The standard InChI is InChI=1S/C9H18N2O4/c1-4-7(5-15-3)11-9(14)10-6(2)8(12)13/h6-7H,4-5H2,1-3H3,(H,12,13)(H2,10,11,14). The molecule has 0 aromatic heterocycles. The molecule has 0 aliphatic heterocycles. The largest absolute Gasteiger partial charge is 0.480 e. The van der Waals surface area contributed by atoms with Crippen molar-refractivity contribution in [3.8, 4) is 0 Å². The highest BCUT2D eigenvalue weighted by Gasteiger charge is 2.15. The number of rotatable bonds is 6. The molecule has 0 aromatic carbocycles. The lowest BCUT2D eigenvalue weighted by atomic mass is 10.2. The van der Waals surface area contributed by atoms with E-state index in [9.17, 15) is 9.59 Å². The molecule has 2 atom stereocenters. The van der Waals surface area contributed by atoms with Crippen LogP contribution in [0.5, 0.6) is 0 Å². The van der Waals surface area contributed by atoms with Crippen LogP contribution in [0.1, 0.15) is 20.3 Å². The van der Waals surface area contributed by atoms with Crippen LogP contribution in [0.4, 0.5) is 4.79 Å². The molecule has 0 aliphatic carbocycles. The predicted octanol–water partition coefficient (Wildman–Crippen LogP) is 0.184. The van der Waals surface area contributed by atoms with Gasteiger partial charge in [-0.3, -0.25) is 4.79 Å². The molecule has 0 rings (SSSR count). The molecule has 6 nitrogen and oxygen atoms in total. The Morgan fingerprint density at radius 2 is 2.00 bits per heavy atom. The fourth-order valence-corrected chi connectivity index (χ4v) is 0.948. The quantitative estimate of drug-likeness (QED) is 0.593. The van der Waals surface area contributed by atoms with Crippen LogP contribution >= 0.6 is 0 Å². The monoisotopic (exact) mass is 218 g/mol. The lowest BCUT2D eigenvalue weighted by Gasteiger charge is -2.17. The summed E-state index contributed by atoms with van der Waals surface area (Å²) < 4.78 is 4.89. The first kappa shape index (κ1) is 13.7. The number of carbonyl (C=O) groups excluding carboxylic acids is 1. The van der Waals surface area contributed by atoms with Gasteiger partial charge in [0, 0.05) is 7.11 Å². The zero-order valence-corrected chi connectivity index (χ0v) is 9.24. The number of carbonyl (C=O) groups is 2. The number of methoxy groups -OCH3 is 1. The van der Waals surface area contributed by atoms with Crippen LogP contribution in [0.2, 0.25) is 0 Å². The van der Waals surface area contributed by atoms with E-state index in [0.29, 0.717) is 6.61 Å². The zero-order chi connectivity index (χ0) is 11.8. The van der Waals surface area contributed by atoms with Crippen molar-refractivity contribution in [2.24, 2.45) is 0 Å². The predicted molar refractivity (Wildman–Crippen MR) is 54.7 cm³/mol. The minimum Gasteiger partial charge on any atom is -0.480 e.